The maximum atomic E-state index is 6.39. The number of thiophene rings is 1. The van der Waals surface area contributed by atoms with E-state index in [9.17, 15) is 0 Å². The van der Waals surface area contributed by atoms with E-state index >= 15 is 0 Å². The Balaban J connectivity index is 1.45. The zero-order chi connectivity index (χ0) is 25.9. The smallest absolute Gasteiger partial charge is 0.0942 e. The van der Waals surface area contributed by atoms with Crippen LogP contribution in [0.25, 0.3) is 38.4 Å². The first-order valence-corrected chi connectivity index (χ1v) is 13.6. The Kier molecular flexibility index (Phi) is 6.51. The van der Waals surface area contributed by atoms with Crippen molar-refractivity contribution in [1.82, 2.24) is 0 Å². The number of nitrogens with zero attached hydrogens (tertiary/aromatic N) is 1. The van der Waals surface area contributed by atoms with E-state index in [1.165, 1.54) is 32.3 Å². The maximum absolute atomic E-state index is 6.39. The van der Waals surface area contributed by atoms with Crippen molar-refractivity contribution in [3.05, 3.63) is 139 Å². The van der Waals surface area contributed by atoms with Crippen LogP contribution >= 0.6 is 11.3 Å². The first-order chi connectivity index (χ1) is 18.7. The first kappa shape index (κ1) is 23.8. The van der Waals surface area contributed by atoms with E-state index < -0.39 is 0 Å². The van der Waals surface area contributed by atoms with Crippen LogP contribution < -0.4 is 10.6 Å². The number of hydrogen-bond acceptors (Lipinski definition) is 3. The van der Waals surface area contributed by atoms with Crippen molar-refractivity contribution in [3.63, 3.8) is 0 Å². The summed E-state index contributed by atoms with van der Waals surface area (Å²) < 4.78 is 1.18. The Morgan fingerprint density at radius 3 is 1.55 bits per heavy atom. The lowest BCUT2D eigenvalue weighted by atomic mass is 10.0. The van der Waals surface area contributed by atoms with Gasteiger partial charge in [0.15, 0.2) is 0 Å². The van der Waals surface area contributed by atoms with Gasteiger partial charge in [0.25, 0.3) is 0 Å². The van der Waals surface area contributed by atoms with E-state index in [1.54, 1.807) is 11.3 Å². The molecule has 1 aromatic heterocycles. The Morgan fingerprint density at radius 2 is 1.05 bits per heavy atom. The molecule has 3 heteroatoms. The van der Waals surface area contributed by atoms with Gasteiger partial charge in [0.2, 0.25) is 0 Å². The molecule has 5 aromatic carbocycles. The van der Waals surface area contributed by atoms with Gasteiger partial charge in [-0.05, 0) is 65.6 Å². The maximum Gasteiger partial charge on any atom is 0.0942 e. The van der Waals surface area contributed by atoms with E-state index in [1.807, 2.05) is 25.1 Å². The molecule has 0 unspecified atom stereocenters. The predicted molar refractivity (Wildman–Crippen MR) is 167 cm³/mol. The van der Waals surface area contributed by atoms with E-state index in [4.69, 9.17) is 5.73 Å². The molecule has 0 aliphatic heterocycles. The molecule has 0 aliphatic rings. The monoisotopic (exact) mass is 508 g/mol. The van der Waals surface area contributed by atoms with Crippen molar-refractivity contribution in [2.45, 2.75) is 6.92 Å². The highest BCUT2D eigenvalue weighted by Gasteiger charge is 2.16. The van der Waals surface area contributed by atoms with Gasteiger partial charge in [-0.2, -0.15) is 0 Å². The molecule has 184 valence electrons. The Bertz CT molecular complexity index is 1620. The summed E-state index contributed by atoms with van der Waals surface area (Å²) in [6.07, 6.45) is 4.14. The second kappa shape index (κ2) is 10.4. The van der Waals surface area contributed by atoms with Crippen molar-refractivity contribution in [2.24, 2.45) is 0 Å². The van der Waals surface area contributed by atoms with Gasteiger partial charge < -0.3 is 10.6 Å². The molecule has 0 saturated heterocycles. The van der Waals surface area contributed by atoms with E-state index in [0.29, 0.717) is 0 Å². The van der Waals surface area contributed by atoms with Crippen molar-refractivity contribution < 1.29 is 0 Å². The minimum atomic E-state index is 0.848. The molecule has 1 heterocycles. The number of rotatable bonds is 6. The van der Waals surface area contributed by atoms with Crippen molar-refractivity contribution in [2.75, 3.05) is 10.6 Å². The fourth-order valence-electron chi connectivity index (χ4n) is 4.92. The van der Waals surface area contributed by atoms with Crippen molar-refractivity contribution >= 4 is 49.6 Å². The molecule has 6 aromatic rings. The van der Waals surface area contributed by atoms with Crippen LogP contribution in [0.1, 0.15) is 12.5 Å². The average Bonchev–Trinajstić information content (AvgIpc) is 3.29. The molecular weight excluding hydrogens is 480 g/mol. The number of nitrogens with two attached hydrogens (primary N) is 1. The topological polar surface area (TPSA) is 29.3 Å². The fraction of sp³-hybridized carbons (Fsp3) is 0.0286. The number of allylic oxidation sites excluding steroid dienone is 1. The van der Waals surface area contributed by atoms with Crippen LogP contribution in [0.15, 0.2) is 133 Å². The zero-order valence-electron chi connectivity index (χ0n) is 21.2. The van der Waals surface area contributed by atoms with E-state index in [2.05, 4.69) is 126 Å². The number of nitrogen functional groups attached to an aromatic ring is 1. The molecule has 0 spiro atoms. The number of benzene rings is 5. The summed E-state index contributed by atoms with van der Waals surface area (Å²) in [6.45, 7) is 2.03. The van der Waals surface area contributed by atoms with Gasteiger partial charge in [-0.1, -0.05) is 103 Å². The van der Waals surface area contributed by atoms with Crippen molar-refractivity contribution in [1.29, 1.82) is 0 Å². The molecule has 6 rings (SSSR count). The van der Waals surface area contributed by atoms with Gasteiger partial charge in [-0.15, -0.1) is 11.3 Å². The minimum absolute atomic E-state index is 0.848. The van der Waals surface area contributed by atoms with E-state index in [-0.39, 0.29) is 0 Å². The molecule has 0 fully saturated rings. The zero-order valence-corrected chi connectivity index (χ0v) is 22.0. The number of hydrogen-bond donors (Lipinski definition) is 1. The van der Waals surface area contributed by atoms with Gasteiger partial charge >= 0.3 is 0 Å². The summed E-state index contributed by atoms with van der Waals surface area (Å²) >= 11 is 1.64. The van der Waals surface area contributed by atoms with Crippen LogP contribution in [-0.4, -0.2) is 0 Å². The minimum Gasteiger partial charge on any atom is -0.390 e. The van der Waals surface area contributed by atoms with Crippen LogP contribution in [0.4, 0.5) is 22.1 Å². The summed E-state index contributed by atoms with van der Waals surface area (Å²) in [5.74, 6) is 0. The van der Waals surface area contributed by atoms with Gasteiger partial charge in [0.1, 0.15) is 0 Å². The molecule has 2 nitrogen and oxygen atoms in total. The quantitative estimate of drug-likeness (QED) is 0.242. The highest BCUT2D eigenvalue weighted by Crippen LogP contribution is 2.41. The van der Waals surface area contributed by atoms with Gasteiger partial charge in [-0.3, -0.25) is 0 Å². The number of fused-ring (bicyclic) bond motifs is 1. The average molecular weight is 509 g/mol. The van der Waals surface area contributed by atoms with Crippen LogP contribution in [0.3, 0.4) is 0 Å². The molecule has 38 heavy (non-hydrogen) atoms. The number of anilines is 4. The lowest BCUT2D eigenvalue weighted by Gasteiger charge is -2.26. The summed E-state index contributed by atoms with van der Waals surface area (Å²) in [7, 11) is 0. The van der Waals surface area contributed by atoms with Gasteiger partial charge in [-0.25, -0.2) is 0 Å². The normalized spacial score (nSPS) is 11.3. The van der Waals surface area contributed by atoms with Crippen molar-refractivity contribution in [3.8, 4) is 22.3 Å². The Morgan fingerprint density at radius 1 is 0.579 bits per heavy atom. The molecule has 0 atom stereocenters. The molecule has 0 aliphatic carbocycles. The SMILES string of the molecule is C/C=C\c1c(N)sc2cc(N(c3ccc(-c4ccccc4)cc3)c3ccc(-c4ccccc4)cc3)ccc12. The van der Waals surface area contributed by atoms with Crippen LogP contribution in [0.5, 0.6) is 0 Å². The molecule has 0 radical (unpaired) electrons. The first-order valence-electron chi connectivity index (χ1n) is 12.8. The highest BCUT2D eigenvalue weighted by molar-refractivity contribution is 7.23. The largest absolute Gasteiger partial charge is 0.390 e. The Hall–Kier alpha value is -4.60. The van der Waals surface area contributed by atoms with E-state index in [0.717, 1.165) is 27.6 Å². The third-order valence-electron chi connectivity index (χ3n) is 6.80. The summed E-state index contributed by atoms with van der Waals surface area (Å²) in [5, 5.41) is 2.04. The van der Waals surface area contributed by atoms with Crippen LogP contribution in [0.2, 0.25) is 0 Å². The van der Waals surface area contributed by atoms with Gasteiger partial charge in [0.05, 0.1) is 5.00 Å². The third kappa shape index (κ3) is 4.60. The second-order valence-corrected chi connectivity index (χ2v) is 10.3. The summed E-state index contributed by atoms with van der Waals surface area (Å²) in [5.41, 5.74) is 15.6. The molecule has 0 amide bonds. The standard InChI is InChI=1S/C35H28N2S/c1-2-9-33-32-23-22-31(24-34(32)38-35(33)36)37(29-18-14-27(15-19-29)25-10-5-3-6-11-25)30-20-16-28(17-21-30)26-12-7-4-8-13-26/h2-24H,36H2,1H3/b9-2-. The fourth-order valence-corrected chi connectivity index (χ4v) is 5.91. The molecule has 0 bridgehead atoms. The van der Waals surface area contributed by atoms with Crippen LogP contribution in [0, 0.1) is 0 Å². The molecule has 0 saturated carbocycles. The predicted octanol–water partition coefficient (Wildman–Crippen LogP) is 10.3. The lowest BCUT2D eigenvalue weighted by Crippen LogP contribution is -2.09. The molecule has 2 N–H and O–H groups in total. The second-order valence-electron chi connectivity index (χ2n) is 9.22. The summed E-state index contributed by atoms with van der Waals surface area (Å²) in [6, 6.07) is 45.2. The summed E-state index contributed by atoms with van der Waals surface area (Å²) in [4.78, 5) is 2.31. The van der Waals surface area contributed by atoms with Gasteiger partial charge in [0, 0.05) is 32.7 Å². The Labute approximate surface area is 227 Å². The van der Waals surface area contributed by atoms with Crippen LogP contribution in [-0.2, 0) is 0 Å². The lowest BCUT2D eigenvalue weighted by molar-refractivity contribution is 1.29. The third-order valence-corrected chi connectivity index (χ3v) is 7.80. The highest BCUT2D eigenvalue weighted by atomic mass is 32.1. The molecular formula is C35H28N2S.